The molecule has 3 aromatic rings. The molecule has 0 amide bonds. The fraction of sp³-hybridized carbons (Fsp3) is 0.600. The van der Waals surface area contributed by atoms with Crippen LogP contribution < -0.4 is 0 Å². The Morgan fingerprint density at radius 2 is 1.27 bits per heavy atom. The fourth-order valence-corrected chi connectivity index (χ4v) is 9.83. The first-order chi connectivity index (χ1) is 27.2. The molecule has 1 aliphatic rings. The Balaban J connectivity index is 1.61. The predicted octanol–water partition coefficient (Wildman–Crippen LogP) is 16.5. The van der Waals surface area contributed by atoms with E-state index < -0.39 is 0 Å². The lowest BCUT2D eigenvalue weighted by Gasteiger charge is -2.31. The number of aliphatic hydroxyl groups excluding tert-OH is 1. The van der Waals surface area contributed by atoms with Gasteiger partial charge in [0.15, 0.2) is 0 Å². The van der Waals surface area contributed by atoms with E-state index in [0.717, 1.165) is 88.0 Å². The van der Waals surface area contributed by atoms with Crippen LogP contribution in [0.2, 0.25) is 0 Å². The zero-order valence-corrected chi connectivity index (χ0v) is 37.2. The van der Waals surface area contributed by atoms with Gasteiger partial charge in [-0.05, 0) is 177 Å². The summed E-state index contributed by atoms with van der Waals surface area (Å²) in [4.78, 5) is 0. The van der Waals surface area contributed by atoms with Gasteiger partial charge in [-0.1, -0.05) is 158 Å². The van der Waals surface area contributed by atoms with E-state index in [4.69, 9.17) is 0 Å². The van der Waals surface area contributed by atoms with Crippen LogP contribution in [0.15, 0.2) is 78.9 Å². The average Bonchev–Trinajstić information content (AvgIpc) is 3.22. The third-order valence-electron chi connectivity index (χ3n) is 13.8. The highest BCUT2D eigenvalue weighted by Gasteiger charge is 2.26. The van der Waals surface area contributed by atoms with E-state index in [2.05, 4.69) is 109 Å². The molecule has 1 atom stereocenters. The topological polar surface area (TPSA) is 20.2 Å². The van der Waals surface area contributed by atoms with E-state index in [0.29, 0.717) is 6.61 Å². The molecule has 1 fully saturated rings. The van der Waals surface area contributed by atoms with Gasteiger partial charge in [0, 0.05) is 6.61 Å². The third-order valence-corrected chi connectivity index (χ3v) is 13.8. The lowest BCUT2D eigenvalue weighted by atomic mass is 9.76. The molecular formula is C55H82O. The number of aliphatic hydroxyl groups is 1. The Labute approximate surface area is 345 Å². The Morgan fingerprint density at radius 3 is 1.86 bits per heavy atom. The summed E-state index contributed by atoms with van der Waals surface area (Å²) in [5, 5.41) is 10.5. The molecule has 1 aliphatic carbocycles. The molecule has 1 N–H and O–H groups in total. The van der Waals surface area contributed by atoms with E-state index in [-0.39, 0.29) is 5.41 Å². The molecule has 4 rings (SSSR count). The summed E-state index contributed by atoms with van der Waals surface area (Å²) >= 11 is 0. The molecule has 0 aliphatic heterocycles. The van der Waals surface area contributed by atoms with Crippen LogP contribution in [0, 0.1) is 11.3 Å². The SMILES string of the molecule is C=C(C)C(=C)CCCCc1cc(-c2ccc(-c3ccc(C4CCC(CCCCC)CC4)cc3)cc2CC)cc(CCCCC)c1CCCC(CC)(CO)CCC. The number of allylic oxidation sites excluding steroid dienone is 2. The molecule has 0 radical (unpaired) electrons. The smallest absolute Gasteiger partial charge is 0.0487 e. The van der Waals surface area contributed by atoms with E-state index in [1.54, 1.807) is 22.3 Å². The highest BCUT2D eigenvalue weighted by atomic mass is 16.3. The van der Waals surface area contributed by atoms with Gasteiger partial charge in [-0.2, -0.15) is 0 Å². The first-order valence-electron chi connectivity index (χ1n) is 23.5. The quantitative estimate of drug-likeness (QED) is 0.0638. The molecule has 0 bridgehead atoms. The van der Waals surface area contributed by atoms with Gasteiger partial charge < -0.3 is 5.11 Å². The van der Waals surface area contributed by atoms with Crippen molar-refractivity contribution in [3.8, 4) is 22.3 Å². The molecule has 1 nitrogen and oxygen atoms in total. The first-order valence-corrected chi connectivity index (χ1v) is 23.5. The van der Waals surface area contributed by atoms with Gasteiger partial charge in [0.25, 0.3) is 0 Å². The van der Waals surface area contributed by atoms with Gasteiger partial charge in [0.2, 0.25) is 0 Å². The van der Waals surface area contributed by atoms with Crippen molar-refractivity contribution in [2.75, 3.05) is 6.61 Å². The van der Waals surface area contributed by atoms with Crippen molar-refractivity contribution in [3.05, 3.63) is 107 Å². The summed E-state index contributed by atoms with van der Waals surface area (Å²) in [7, 11) is 0. The molecule has 1 saturated carbocycles. The minimum absolute atomic E-state index is 0.0608. The molecule has 3 aromatic carbocycles. The third kappa shape index (κ3) is 13.3. The molecule has 1 heteroatoms. The minimum atomic E-state index is 0.0608. The summed E-state index contributed by atoms with van der Waals surface area (Å²) in [5.41, 5.74) is 15.5. The molecule has 0 aromatic heterocycles. The second-order valence-corrected chi connectivity index (χ2v) is 18.0. The van der Waals surface area contributed by atoms with Crippen LogP contribution in [-0.2, 0) is 25.7 Å². The maximum absolute atomic E-state index is 10.5. The van der Waals surface area contributed by atoms with E-state index in [9.17, 15) is 5.11 Å². The van der Waals surface area contributed by atoms with Crippen LogP contribution in [0.1, 0.15) is 197 Å². The van der Waals surface area contributed by atoms with Gasteiger partial charge in [-0.25, -0.2) is 0 Å². The Hall–Kier alpha value is -2.90. The lowest BCUT2D eigenvalue weighted by Crippen LogP contribution is -2.24. The van der Waals surface area contributed by atoms with Gasteiger partial charge in [0.1, 0.15) is 0 Å². The van der Waals surface area contributed by atoms with Crippen LogP contribution in [-0.4, -0.2) is 11.7 Å². The minimum Gasteiger partial charge on any atom is -0.396 e. The second kappa shape index (κ2) is 24.1. The number of hydrogen-bond donors (Lipinski definition) is 1. The molecule has 0 spiro atoms. The Kier molecular flexibility index (Phi) is 19.7. The summed E-state index contributed by atoms with van der Waals surface area (Å²) in [6, 6.07) is 22.1. The average molecular weight is 759 g/mol. The molecule has 308 valence electrons. The van der Waals surface area contributed by atoms with Crippen LogP contribution in [0.25, 0.3) is 22.3 Å². The van der Waals surface area contributed by atoms with E-state index in [1.807, 2.05) is 0 Å². The van der Waals surface area contributed by atoms with E-state index in [1.165, 1.54) is 110 Å². The van der Waals surface area contributed by atoms with Gasteiger partial charge in [-0.15, -0.1) is 0 Å². The molecular weight excluding hydrogens is 677 g/mol. The first kappa shape index (κ1) is 45.8. The standard InChI is InChI=1S/C55H82O/c1-9-14-16-22-44-26-28-46(29-27-44)47-30-32-48(33-31-47)49-34-35-54(45(12-4)38-49)52-39-50(23-17-15-10-2)53(25-20-37-55(13-5,41-56)36-11-3)51(40-52)24-19-18-21-43(8)42(6)7/h30-35,38-40,44,46,56H,6,8-29,36-37,41H2,1-5,7H3. The second-order valence-electron chi connectivity index (χ2n) is 18.0. The molecule has 1 unspecified atom stereocenters. The largest absolute Gasteiger partial charge is 0.396 e. The van der Waals surface area contributed by atoms with Crippen molar-refractivity contribution in [1.82, 2.24) is 0 Å². The number of benzene rings is 3. The fourth-order valence-electron chi connectivity index (χ4n) is 9.83. The number of aryl methyl sites for hydroxylation is 3. The molecule has 56 heavy (non-hydrogen) atoms. The van der Waals surface area contributed by atoms with Crippen molar-refractivity contribution in [1.29, 1.82) is 0 Å². The van der Waals surface area contributed by atoms with Crippen molar-refractivity contribution < 1.29 is 5.11 Å². The van der Waals surface area contributed by atoms with Crippen molar-refractivity contribution in [2.45, 2.75) is 195 Å². The van der Waals surface area contributed by atoms with Crippen molar-refractivity contribution in [3.63, 3.8) is 0 Å². The monoisotopic (exact) mass is 759 g/mol. The normalized spacial score (nSPS) is 16.8. The molecule has 0 saturated heterocycles. The number of rotatable bonds is 26. The number of hydrogen-bond acceptors (Lipinski definition) is 1. The predicted molar refractivity (Wildman–Crippen MR) is 248 cm³/mol. The maximum Gasteiger partial charge on any atom is 0.0487 e. The highest BCUT2D eigenvalue weighted by molar-refractivity contribution is 5.75. The lowest BCUT2D eigenvalue weighted by molar-refractivity contribution is 0.0970. The van der Waals surface area contributed by atoms with Crippen molar-refractivity contribution in [2.24, 2.45) is 11.3 Å². The van der Waals surface area contributed by atoms with Gasteiger partial charge in [-0.3, -0.25) is 0 Å². The van der Waals surface area contributed by atoms with E-state index >= 15 is 0 Å². The zero-order chi connectivity index (χ0) is 40.3. The van der Waals surface area contributed by atoms with Gasteiger partial charge >= 0.3 is 0 Å². The summed E-state index contributed by atoms with van der Waals surface area (Å²) < 4.78 is 0. The van der Waals surface area contributed by atoms with Crippen LogP contribution in [0.4, 0.5) is 0 Å². The van der Waals surface area contributed by atoms with Gasteiger partial charge in [0.05, 0.1) is 0 Å². The summed E-state index contributed by atoms with van der Waals surface area (Å²) in [6.45, 7) is 22.3. The number of unbranched alkanes of at least 4 members (excludes halogenated alkanes) is 5. The van der Waals surface area contributed by atoms with Crippen LogP contribution in [0.3, 0.4) is 0 Å². The highest BCUT2D eigenvalue weighted by Crippen LogP contribution is 2.40. The summed E-state index contributed by atoms with van der Waals surface area (Å²) in [6.07, 6.45) is 28.2. The zero-order valence-electron chi connectivity index (χ0n) is 37.2. The maximum atomic E-state index is 10.5. The Morgan fingerprint density at radius 1 is 0.643 bits per heavy atom. The summed E-state index contributed by atoms with van der Waals surface area (Å²) in [5.74, 6) is 1.69. The van der Waals surface area contributed by atoms with Crippen LogP contribution >= 0.6 is 0 Å². The molecule has 0 heterocycles. The van der Waals surface area contributed by atoms with Crippen molar-refractivity contribution >= 4 is 0 Å². The Bertz CT molecular complexity index is 1610. The van der Waals surface area contributed by atoms with Crippen LogP contribution in [0.5, 0.6) is 0 Å².